The van der Waals surface area contributed by atoms with Gasteiger partial charge in [0.05, 0.1) is 11.4 Å². The van der Waals surface area contributed by atoms with Gasteiger partial charge in [0.1, 0.15) is 0 Å². The van der Waals surface area contributed by atoms with Crippen LogP contribution >= 0.6 is 0 Å². The van der Waals surface area contributed by atoms with Crippen molar-refractivity contribution in [3.63, 3.8) is 0 Å². The molecule has 2 N–H and O–H groups in total. The smallest absolute Gasteiger partial charge is 0.168 e. The van der Waals surface area contributed by atoms with Gasteiger partial charge in [-0.25, -0.2) is 0 Å². The van der Waals surface area contributed by atoms with Crippen LogP contribution in [0.25, 0.3) is 11.4 Å². The molecule has 2 atom stereocenters. The van der Waals surface area contributed by atoms with E-state index in [1.807, 2.05) is 60.7 Å². The maximum absolute atomic E-state index is 12.4. The van der Waals surface area contributed by atoms with Crippen molar-refractivity contribution in [3.8, 4) is 0 Å². The topological polar surface area (TPSA) is 76.7 Å². The minimum atomic E-state index is -0.693. The Hall–Kier alpha value is -3.22. The summed E-state index contributed by atoms with van der Waals surface area (Å²) in [6.07, 6.45) is 2.28. The highest BCUT2D eigenvalue weighted by Gasteiger charge is 2.28. The number of carbonyl (C=O) groups excluding carboxylic acids is 2. The molecule has 0 bridgehead atoms. The number of hydrogen-bond acceptors (Lipinski definition) is 6. The molecule has 0 saturated carbocycles. The van der Waals surface area contributed by atoms with E-state index in [1.165, 1.54) is 0 Å². The number of Topliss-reactive ketones (excluding diaryl/α,β-unsaturated/α-hetero) is 2. The van der Waals surface area contributed by atoms with E-state index in [4.69, 9.17) is 9.68 Å². The van der Waals surface area contributed by atoms with Gasteiger partial charge in [-0.2, -0.15) is 0 Å². The lowest BCUT2D eigenvalue weighted by molar-refractivity contribution is -0.134. The summed E-state index contributed by atoms with van der Waals surface area (Å²) in [7, 11) is 0. The molecule has 28 heavy (non-hydrogen) atoms. The molecule has 142 valence electrons. The molecule has 6 heteroatoms. The fourth-order valence-corrected chi connectivity index (χ4v) is 3.09. The third-order valence-corrected chi connectivity index (χ3v) is 4.65. The molecule has 2 aliphatic rings. The molecule has 2 aliphatic heterocycles. The predicted molar refractivity (Wildman–Crippen MR) is 104 cm³/mol. The summed E-state index contributed by atoms with van der Waals surface area (Å²) in [5, 5.41) is 0. The third-order valence-electron chi connectivity index (χ3n) is 4.65. The second kappa shape index (κ2) is 8.21. The largest absolute Gasteiger partial charge is 0.296 e. The molecule has 4 rings (SSSR count). The molecule has 2 aromatic carbocycles. The van der Waals surface area contributed by atoms with Gasteiger partial charge in [0.2, 0.25) is 0 Å². The van der Waals surface area contributed by atoms with Crippen molar-refractivity contribution in [3.05, 3.63) is 83.9 Å². The van der Waals surface area contributed by atoms with Gasteiger partial charge >= 0.3 is 0 Å². The van der Waals surface area contributed by atoms with Crippen LogP contribution in [-0.2, 0) is 19.3 Å². The van der Waals surface area contributed by atoms with Crippen LogP contribution in [0.3, 0.4) is 0 Å². The zero-order valence-corrected chi connectivity index (χ0v) is 15.1. The first kappa shape index (κ1) is 18.2. The second-order valence-electron chi connectivity index (χ2n) is 6.61. The molecule has 2 aromatic rings. The van der Waals surface area contributed by atoms with Gasteiger partial charge < -0.3 is 0 Å². The summed E-state index contributed by atoms with van der Waals surface area (Å²) in [6.45, 7) is 0. The van der Waals surface area contributed by atoms with Crippen LogP contribution < -0.4 is 11.0 Å². The van der Waals surface area contributed by atoms with Crippen molar-refractivity contribution in [2.75, 3.05) is 0 Å². The highest BCUT2D eigenvalue weighted by molar-refractivity contribution is 5.94. The maximum Gasteiger partial charge on any atom is 0.168 e. The Balaban J connectivity index is 1.31. The molecule has 0 unspecified atom stereocenters. The molecule has 0 spiro atoms. The van der Waals surface area contributed by atoms with Gasteiger partial charge in [-0.05, 0) is 23.3 Å². The van der Waals surface area contributed by atoms with Crippen molar-refractivity contribution < 1.29 is 19.3 Å². The minimum Gasteiger partial charge on any atom is -0.296 e. The maximum atomic E-state index is 12.4. The van der Waals surface area contributed by atoms with Crippen molar-refractivity contribution in [2.24, 2.45) is 0 Å². The Bertz CT molecular complexity index is 845. The van der Waals surface area contributed by atoms with Gasteiger partial charge in [0, 0.05) is 12.8 Å². The van der Waals surface area contributed by atoms with Crippen LogP contribution in [0.5, 0.6) is 0 Å². The number of benzene rings is 2. The van der Waals surface area contributed by atoms with Crippen LogP contribution in [0.1, 0.15) is 24.0 Å². The first-order valence-electron chi connectivity index (χ1n) is 9.14. The standard InChI is InChI=1S/C22H20N2O4/c25-19(21-13-17(23-27-21)15-7-3-1-4-8-15)11-12-20(26)22-14-18(24-28-22)16-9-5-2-6-10-16/h1-10,13-14,21-24H,11-12H2/t21-,22-/m1/s1. The molecule has 0 amide bonds. The minimum absolute atomic E-state index is 0.0954. The van der Waals surface area contributed by atoms with Crippen molar-refractivity contribution >= 4 is 23.0 Å². The van der Waals surface area contributed by atoms with E-state index in [2.05, 4.69) is 11.0 Å². The Morgan fingerprint density at radius 1 is 0.679 bits per heavy atom. The molecule has 0 aromatic heterocycles. The number of nitrogens with one attached hydrogen (secondary N) is 2. The number of hydrogen-bond donors (Lipinski definition) is 2. The zero-order valence-electron chi connectivity index (χ0n) is 15.1. The van der Waals surface area contributed by atoms with E-state index >= 15 is 0 Å². The highest BCUT2D eigenvalue weighted by Crippen LogP contribution is 2.21. The fraction of sp³-hybridized carbons (Fsp3) is 0.182. The molecular formula is C22H20N2O4. The normalized spacial score (nSPS) is 20.7. The Kier molecular flexibility index (Phi) is 5.32. The summed E-state index contributed by atoms with van der Waals surface area (Å²) in [5.41, 5.74) is 8.96. The summed E-state index contributed by atoms with van der Waals surface area (Å²) in [4.78, 5) is 35.5. The van der Waals surface area contributed by atoms with Crippen molar-refractivity contribution in [2.45, 2.75) is 25.0 Å². The Morgan fingerprint density at radius 3 is 1.46 bits per heavy atom. The van der Waals surface area contributed by atoms with E-state index in [9.17, 15) is 9.59 Å². The van der Waals surface area contributed by atoms with E-state index in [0.717, 1.165) is 22.5 Å². The fourth-order valence-electron chi connectivity index (χ4n) is 3.09. The average Bonchev–Trinajstić information content (AvgIpc) is 3.43. The number of ketones is 2. The molecule has 0 fully saturated rings. The van der Waals surface area contributed by atoms with Crippen LogP contribution in [0.4, 0.5) is 0 Å². The summed E-state index contributed by atoms with van der Waals surface area (Å²) >= 11 is 0. The van der Waals surface area contributed by atoms with Gasteiger partial charge in [-0.1, -0.05) is 60.7 Å². The summed E-state index contributed by atoms with van der Waals surface area (Å²) in [5.74, 6) is -0.296. The molecular weight excluding hydrogens is 356 g/mol. The average molecular weight is 376 g/mol. The molecule has 0 radical (unpaired) electrons. The van der Waals surface area contributed by atoms with Crippen molar-refractivity contribution in [1.29, 1.82) is 0 Å². The van der Waals surface area contributed by atoms with Gasteiger partial charge in [-0.3, -0.25) is 30.2 Å². The second-order valence-corrected chi connectivity index (χ2v) is 6.61. The summed E-state index contributed by atoms with van der Waals surface area (Å²) < 4.78 is 0. The number of carbonyl (C=O) groups is 2. The van der Waals surface area contributed by atoms with Crippen LogP contribution in [0.2, 0.25) is 0 Å². The van der Waals surface area contributed by atoms with Crippen LogP contribution in [0, 0.1) is 0 Å². The molecule has 6 nitrogen and oxygen atoms in total. The molecule has 2 heterocycles. The monoisotopic (exact) mass is 376 g/mol. The van der Waals surface area contributed by atoms with Gasteiger partial charge in [0.25, 0.3) is 0 Å². The Labute approximate surface area is 162 Å². The third kappa shape index (κ3) is 4.03. The van der Waals surface area contributed by atoms with Gasteiger partial charge in [0.15, 0.2) is 23.8 Å². The summed E-state index contributed by atoms with van der Waals surface area (Å²) in [6, 6.07) is 19.2. The predicted octanol–water partition coefficient (Wildman–Crippen LogP) is 2.79. The van der Waals surface area contributed by atoms with Crippen LogP contribution in [0.15, 0.2) is 72.8 Å². The molecule has 0 saturated heterocycles. The first-order chi connectivity index (χ1) is 13.7. The van der Waals surface area contributed by atoms with Gasteiger partial charge in [-0.15, -0.1) is 0 Å². The zero-order chi connectivity index (χ0) is 19.3. The van der Waals surface area contributed by atoms with E-state index < -0.39 is 12.2 Å². The highest BCUT2D eigenvalue weighted by atomic mass is 16.7. The SMILES string of the molecule is O=C(CCC(=O)[C@H]1C=C(c2ccccc2)NO1)[C@H]1C=C(c2ccccc2)NO1. The lowest BCUT2D eigenvalue weighted by Crippen LogP contribution is -2.26. The number of hydroxylamine groups is 2. The van der Waals surface area contributed by atoms with E-state index in [0.29, 0.717) is 0 Å². The Morgan fingerprint density at radius 2 is 1.07 bits per heavy atom. The lowest BCUT2D eigenvalue weighted by Gasteiger charge is -2.08. The van der Waals surface area contributed by atoms with Crippen LogP contribution in [-0.4, -0.2) is 23.8 Å². The van der Waals surface area contributed by atoms with E-state index in [-0.39, 0.29) is 24.4 Å². The lowest BCUT2D eigenvalue weighted by atomic mass is 10.0. The molecule has 0 aliphatic carbocycles. The first-order valence-corrected chi connectivity index (χ1v) is 9.14. The van der Waals surface area contributed by atoms with E-state index in [1.54, 1.807) is 12.2 Å². The van der Waals surface area contributed by atoms with Crippen molar-refractivity contribution in [1.82, 2.24) is 11.0 Å². The number of rotatable bonds is 7. The quantitative estimate of drug-likeness (QED) is 0.774.